The van der Waals surface area contributed by atoms with Gasteiger partial charge in [-0.3, -0.25) is 9.10 Å². The van der Waals surface area contributed by atoms with Crippen LogP contribution >= 0.6 is 0 Å². The molecule has 0 spiro atoms. The summed E-state index contributed by atoms with van der Waals surface area (Å²) in [6.45, 7) is 8.19. The van der Waals surface area contributed by atoms with Crippen LogP contribution in [-0.2, 0) is 21.2 Å². The SMILES string of the molecule is CCOc1ccc(N(C(CC)C(=O)NC(C)c2ccc(CC)cc2)S(C)(=O)=O)cc1. The van der Waals surface area contributed by atoms with Crippen LogP contribution in [0.1, 0.15) is 51.3 Å². The highest BCUT2D eigenvalue weighted by Gasteiger charge is 2.32. The van der Waals surface area contributed by atoms with Crippen LogP contribution in [0, 0.1) is 0 Å². The highest BCUT2D eigenvalue weighted by Crippen LogP contribution is 2.26. The fourth-order valence-electron chi connectivity index (χ4n) is 3.35. The Labute approximate surface area is 180 Å². The molecule has 2 aromatic carbocycles. The van der Waals surface area contributed by atoms with Crippen molar-refractivity contribution in [3.8, 4) is 5.75 Å². The first-order valence-corrected chi connectivity index (χ1v) is 12.2. The lowest BCUT2D eigenvalue weighted by Gasteiger charge is -2.31. The summed E-state index contributed by atoms with van der Waals surface area (Å²) in [6.07, 6.45) is 2.41. The summed E-state index contributed by atoms with van der Waals surface area (Å²) in [5.74, 6) is 0.320. The van der Waals surface area contributed by atoms with Gasteiger partial charge in [0.15, 0.2) is 0 Å². The molecule has 0 aliphatic carbocycles. The third kappa shape index (κ3) is 5.98. The monoisotopic (exact) mass is 432 g/mol. The summed E-state index contributed by atoms with van der Waals surface area (Å²) in [7, 11) is -3.68. The van der Waals surface area contributed by atoms with Crippen molar-refractivity contribution >= 4 is 21.6 Å². The minimum Gasteiger partial charge on any atom is -0.494 e. The number of hydrogen-bond acceptors (Lipinski definition) is 4. The largest absolute Gasteiger partial charge is 0.494 e. The molecule has 0 radical (unpaired) electrons. The number of aryl methyl sites for hydroxylation is 1. The first-order chi connectivity index (χ1) is 14.2. The van der Waals surface area contributed by atoms with Crippen molar-refractivity contribution in [3.63, 3.8) is 0 Å². The molecule has 0 bridgehead atoms. The van der Waals surface area contributed by atoms with E-state index in [2.05, 4.69) is 12.2 Å². The average Bonchev–Trinajstić information content (AvgIpc) is 2.72. The number of rotatable bonds is 10. The molecule has 0 aromatic heterocycles. The van der Waals surface area contributed by atoms with Crippen molar-refractivity contribution in [3.05, 3.63) is 59.7 Å². The van der Waals surface area contributed by atoms with Crippen molar-refractivity contribution in [1.29, 1.82) is 0 Å². The minimum absolute atomic E-state index is 0.237. The van der Waals surface area contributed by atoms with Gasteiger partial charge >= 0.3 is 0 Å². The molecule has 0 fully saturated rings. The summed E-state index contributed by atoms with van der Waals surface area (Å²) in [6, 6.07) is 13.7. The Morgan fingerprint density at radius 1 is 1.03 bits per heavy atom. The smallest absolute Gasteiger partial charge is 0.244 e. The molecule has 0 aliphatic rings. The van der Waals surface area contributed by atoms with Gasteiger partial charge in [0.2, 0.25) is 15.9 Å². The second-order valence-electron chi connectivity index (χ2n) is 7.24. The van der Waals surface area contributed by atoms with E-state index in [1.54, 1.807) is 31.2 Å². The van der Waals surface area contributed by atoms with Crippen LogP contribution in [0.5, 0.6) is 5.75 Å². The number of carbonyl (C=O) groups is 1. The van der Waals surface area contributed by atoms with Gasteiger partial charge in [-0.2, -0.15) is 0 Å². The highest BCUT2D eigenvalue weighted by atomic mass is 32.2. The molecule has 30 heavy (non-hydrogen) atoms. The molecule has 0 aliphatic heterocycles. The van der Waals surface area contributed by atoms with Gasteiger partial charge in [-0.05, 0) is 62.1 Å². The van der Waals surface area contributed by atoms with Crippen LogP contribution < -0.4 is 14.4 Å². The van der Waals surface area contributed by atoms with Gasteiger partial charge in [0.25, 0.3) is 0 Å². The predicted octanol–water partition coefficient (Wildman–Crippen LogP) is 4.07. The van der Waals surface area contributed by atoms with Crippen LogP contribution in [0.3, 0.4) is 0 Å². The number of ether oxygens (including phenoxy) is 1. The van der Waals surface area contributed by atoms with Crippen LogP contribution in [0.4, 0.5) is 5.69 Å². The summed E-state index contributed by atoms with van der Waals surface area (Å²) < 4.78 is 31.8. The third-order valence-electron chi connectivity index (χ3n) is 4.98. The number of nitrogens with one attached hydrogen (secondary N) is 1. The summed E-state index contributed by atoms with van der Waals surface area (Å²) in [5.41, 5.74) is 2.63. The maximum Gasteiger partial charge on any atom is 0.244 e. The average molecular weight is 433 g/mol. The van der Waals surface area contributed by atoms with E-state index in [1.165, 1.54) is 9.87 Å². The molecule has 2 unspecified atom stereocenters. The molecule has 164 valence electrons. The molecular formula is C23H32N2O4S. The lowest BCUT2D eigenvalue weighted by molar-refractivity contribution is -0.122. The number of benzene rings is 2. The molecule has 0 heterocycles. The second-order valence-corrected chi connectivity index (χ2v) is 9.09. The van der Waals surface area contributed by atoms with Gasteiger partial charge in [0.05, 0.1) is 24.6 Å². The Balaban J connectivity index is 2.26. The van der Waals surface area contributed by atoms with Crippen molar-refractivity contribution in [2.24, 2.45) is 0 Å². The number of amides is 1. The maximum atomic E-state index is 13.1. The maximum absolute atomic E-state index is 13.1. The predicted molar refractivity (Wildman–Crippen MR) is 121 cm³/mol. The molecule has 1 amide bonds. The summed E-state index contributed by atoms with van der Waals surface area (Å²) in [5, 5.41) is 2.97. The van der Waals surface area contributed by atoms with E-state index in [4.69, 9.17) is 4.74 Å². The van der Waals surface area contributed by atoms with E-state index in [1.807, 2.05) is 38.1 Å². The molecule has 2 atom stereocenters. The number of sulfonamides is 1. The van der Waals surface area contributed by atoms with Crippen molar-refractivity contribution in [1.82, 2.24) is 5.32 Å². The molecule has 0 saturated carbocycles. The Kier molecular flexibility index (Phi) is 8.29. The Hall–Kier alpha value is -2.54. The van der Waals surface area contributed by atoms with Gasteiger partial charge in [-0.25, -0.2) is 8.42 Å². The lowest BCUT2D eigenvalue weighted by atomic mass is 10.0. The van der Waals surface area contributed by atoms with Gasteiger partial charge in [-0.15, -0.1) is 0 Å². The van der Waals surface area contributed by atoms with E-state index in [9.17, 15) is 13.2 Å². The number of nitrogens with zero attached hydrogens (tertiary/aromatic N) is 1. The summed E-state index contributed by atoms with van der Waals surface area (Å²) in [4.78, 5) is 13.1. The molecule has 7 heteroatoms. The van der Waals surface area contributed by atoms with Crippen molar-refractivity contribution in [2.75, 3.05) is 17.2 Å². The zero-order valence-electron chi connectivity index (χ0n) is 18.4. The number of hydrogen-bond donors (Lipinski definition) is 1. The van der Waals surface area contributed by atoms with E-state index in [0.29, 0.717) is 24.5 Å². The fourth-order valence-corrected chi connectivity index (χ4v) is 4.56. The van der Waals surface area contributed by atoms with Crippen LogP contribution in [-0.4, -0.2) is 33.2 Å². The van der Waals surface area contributed by atoms with Crippen molar-refractivity contribution < 1.29 is 17.9 Å². The normalized spacial score (nSPS) is 13.4. The molecule has 2 rings (SSSR count). The van der Waals surface area contributed by atoms with E-state index < -0.39 is 16.1 Å². The standard InChI is InChI=1S/C23H32N2O4S/c1-6-18-9-11-19(12-10-18)17(4)24-23(26)22(7-2)25(30(5,27)28)20-13-15-21(16-14-20)29-8-3/h9-17,22H,6-8H2,1-5H3,(H,24,26). The van der Waals surface area contributed by atoms with E-state index in [-0.39, 0.29) is 11.9 Å². The van der Waals surface area contributed by atoms with Gasteiger partial charge in [-0.1, -0.05) is 38.1 Å². The first-order valence-electron chi connectivity index (χ1n) is 10.3. The Bertz CT molecular complexity index is 925. The van der Waals surface area contributed by atoms with Gasteiger partial charge < -0.3 is 10.1 Å². The number of carbonyl (C=O) groups excluding carboxylic acids is 1. The lowest BCUT2D eigenvalue weighted by Crippen LogP contribution is -2.49. The van der Waals surface area contributed by atoms with E-state index >= 15 is 0 Å². The van der Waals surface area contributed by atoms with Crippen LogP contribution in [0.25, 0.3) is 0 Å². The molecule has 2 aromatic rings. The van der Waals surface area contributed by atoms with Crippen LogP contribution in [0.2, 0.25) is 0 Å². The topological polar surface area (TPSA) is 75.7 Å². The zero-order valence-corrected chi connectivity index (χ0v) is 19.2. The second kappa shape index (κ2) is 10.5. The highest BCUT2D eigenvalue weighted by molar-refractivity contribution is 7.92. The molecular weight excluding hydrogens is 400 g/mol. The van der Waals surface area contributed by atoms with Gasteiger partial charge in [0.1, 0.15) is 11.8 Å². The fraction of sp³-hybridized carbons (Fsp3) is 0.435. The first kappa shape index (κ1) is 23.7. The zero-order chi connectivity index (χ0) is 22.3. The Morgan fingerprint density at radius 2 is 1.63 bits per heavy atom. The molecule has 0 saturated heterocycles. The minimum atomic E-state index is -3.68. The van der Waals surface area contributed by atoms with Crippen LogP contribution in [0.15, 0.2) is 48.5 Å². The molecule has 6 nitrogen and oxygen atoms in total. The van der Waals surface area contributed by atoms with E-state index in [0.717, 1.165) is 18.2 Å². The van der Waals surface area contributed by atoms with Crippen molar-refractivity contribution in [2.45, 2.75) is 52.6 Å². The van der Waals surface area contributed by atoms with Gasteiger partial charge in [0, 0.05) is 0 Å². The Morgan fingerprint density at radius 3 is 2.10 bits per heavy atom. The third-order valence-corrected chi connectivity index (χ3v) is 6.16. The quantitative estimate of drug-likeness (QED) is 0.614. The molecule has 1 N–H and O–H groups in total. The number of anilines is 1. The summed E-state index contributed by atoms with van der Waals surface area (Å²) >= 11 is 0.